The van der Waals surface area contributed by atoms with Gasteiger partial charge in [0.25, 0.3) is 5.91 Å². The fourth-order valence-electron chi connectivity index (χ4n) is 1.19. The molecular weight excluding hydrogens is 206 g/mol. The number of hydrogen-bond acceptors (Lipinski definition) is 4. The van der Waals surface area contributed by atoms with Crippen LogP contribution in [0, 0.1) is 0 Å². The van der Waals surface area contributed by atoms with Crippen molar-refractivity contribution in [2.24, 2.45) is 0 Å². The molecule has 0 unspecified atom stereocenters. The van der Waals surface area contributed by atoms with Crippen molar-refractivity contribution in [2.45, 2.75) is 0 Å². The lowest BCUT2D eigenvalue weighted by molar-refractivity contribution is 0.102. The first-order valence-corrected chi connectivity index (χ1v) is 4.62. The second kappa shape index (κ2) is 4.39. The number of aromatic nitrogens is 2. The molecule has 2 N–H and O–H groups in total. The van der Waals surface area contributed by atoms with Crippen LogP contribution in [0.25, 0.3) is 0 Å². The van der Waals surface area contributed by atoms with E-state index in [9.17, 15) is 9.90 Å². The molecule has 16 heavy (non-hydrogen) atoms. The molecular formula is C11H9N3O2. The Bertz CT molecular complexity index is 500. The number of hydrogen-bond donors (Lipinski definition) is 2. The number of rotatable bonds is 2. The number of amides is 1. The Morgan fingerprint density at radius 2 is 1.88 bits per heavy atom. The summed E-state index contributed by atoms with van der Waals surface area (Å²) in [5.74, 6) is -0.338. The highest BCUT2D eigenvalue weighted by molar-refractivity contribution is 6.04. The molecule has 1 heterocycles. The highest BCUT2D eigenvalue weighted by Crippen LogP contribution is 2.21. The molecule has 0 saturated heterocycles. The predicted molar refractivity (Wildman–Crippen MR) is 58.1 cm³/mol. The van der Waals surface area contributed by atoms with Crippen molar-refractivity contribution in [3.63, 3.8) is 0 Å². The standard InChI is InChI=1S/C11H9N3O2/c15-10-4-2-1-3-9(10)14-11(16)8-5-12-7-13-6-8/h1-7,15H,(H,14,16). The number of carbonyl (C=O) groups excluding carboxylic acids is 1. The number of aromatic hydroxyl groups is 1. The molecule has 0 aliphatic carbocycles. The molecule has 2 aromatic rings. The largest absolute Gasteiger partial charge is 0.506 e. The summed E-state index contributed by atoms with van der Waals surface area (Å²) in [5.41, 5.74) is 0.696. The zero-order chi connectivity index (χ0) is 11.4. The van der Waals surface area contributed by atoms with Gasteiger partial charge in [0, 0.05) is 12.4 Å². The second-order valence-electron chi connectivity index (χ2n) is 3.10. The van der Waals surface area contributed by atoms with Gasteiger partial charge in [-0.25, -0.2) is 9.97 Å². The summed E-state index contributed by atoms with van der Waals surface area (Å²) in [7, 11) is 0. The van der Waals surface area contributed by atoms with Crippen molar-refractivity contribution in [3.05, 3.63) is 48.5 Å². The van der Waals surface area contributed by atoms with E-state index in [0.717, 1.165) is 0 Å². The van der Waals surface area contributed by atoms with Crippen LogP contribution in [-0.2, 0) is 0 Å². The Morgan fingerprint density at radius 3 is 2.56 bits per heavy atom. The van der Waals surface area contributed by atoms with Crippen molar-refractivity contribution >= 4 is 11.6 Å². The summed E-state index contributed by atoms with van der Waals surface area (Å²) in [6, 6.07) is 6.50. The minimum atomic E-state index is -0.359. The minimum absolute atomic E-state index is 0.0210. The van der Waals surface area contributed by atoms with Gasteiger partial charge < -0.3 is 10.4 Å². The SMILES string of the molecule is O=C(Nc1ccccc1O)c1cncnc1. The quantitative estimate of drug-likeness (QED) is 0.743. The van der Waals surface area contributed by atoms with E-state index in [1.54, 1.807) is 18.2 Å². The van der Waals surface area contributed by atoms with Crippen LogP contribution in [0.5, 0.6) is 5.75 Å². The van der Waals surface area contributed by atoms with E-state index < -0.39 is 0 Å². The van der Waals surface area contributed by atoms with E-state index in [-0.39, 0.29) is 11.7 Å². The number of nitrogens with zero attached hydrogens (tertiary/aromatic N) is 2. The maximum atomic E-state index is 11.7. The van der Waals surface area contributed by atoms with Crippen molar-refractivity contribution < 1.29 is 9.90 Å². The molecule has 5 heteroatoms. The van der Waals surface area contributed by atoms with Crippen LogP contribution < -0.4 is 5.32 Å². The summed E-state index contributed by atoms with van der Waals surface area (Å²) >= 11 is 0. The highest BCUT2D eigenvalue weighted by Gasteiger charge is 2.08. The van der Waals surface area contributed by atoms with Crippen molar-refractivity contribution in [3.8, 4) is 5.75 Å². The molecule has 0 spiro atoms. The van der Waals surface area contributed by atoms with E-state index in [0.29, 0.717) is 11.3 Å². The molecule has 5 nitrogen and oxygen atoms in total. The van der Waals surface area contributed by atoms with Crippen LogP contribution in [0.2, 0.25) is 0 Å². The zero-order valence-corrected chi connectivity index (χ0v) is 8.29. The molecule has 0 bridgehead atoms. The lowest BCUT2D eigenvalue weighted by Gasteiger charge is -2.05. The Hall–Kier alpha value is -2.43. The van der Waals surface area contributed by atoms with Crippen molar-refractivity contribution in [1.29, 1.82) is 0 Å². The number of carbonyl (C=O) groups is 1. The van der Waals surface area contributed by atoms with Crippen LogP contribution in [0.3, 0.4) is 0 Å². The average molecular weight is 215 g/mol. The Morgan fingerprint density at radius 1 is 1.19 bits per heavy atom. The van der Waals surface area contributed by atoms with Gasteiger partial charge in [0.1, 0.15) is 12.1 Å². The molecule has 0 radical (unpaired) electrons. The smallest absolute Gasteiger partial charge is 0.258 e. The summed E-state index contributed by atoms with van der Waals surface area (Å²) in [6.45, 7) is 0. The van der Waals surface area contributed by atoms with Gasteiger partial charge >= 0.3 is 0 Å². The molecule has 1 amide bonds. The zero-order valence-electron chi connectivity index (χ0n) is 8.29. The Balaban J connectivity index is 2.18. The lowest BCUT2D eigenvalue weighted by Crippen LogP contribution is -2.12. The van der Waals surface area contributed by atoms with E-state index in [2.05, 4.69) is 15.3 Å². The number of benzene rings is 1. The number of nitrogens with one attached hydrogen (secondary N) is 1. The second-order valence-corrected chi connectivity index (χ2v) is 3.10. The van der Waals surface area contributed by atoms with E-state index in [1.807, 2.05) is 0 Å². The number of phenolic OH excluding ortho intramolecular Hbond substituents is 1. The van der Waals surface area contributed by atoms with E-state index in [4.69, 9.17) is 0 Å². The normalized spacial score (nSPS) is 9.75. The number of para-hydroxylation sites is 2. The average Bonchev–Trinajstić information content (AvgIpc) is 2.33. The Kier molecular flexibility index (Phi) is 2.77. The van der Waals surface area contributed by atoms with E-state index in [1.165, 1.54) is 24.8 Å². The molecule has 2 rings (SSSR count). The monoisotopic (exact) mass is 215 g/mol. The number of phenols is 1. The maximum Gasteiger partial charge on any atom is 0.258 e. The van der Waals surface area contributed by atoms with Gasteiger partial charge in [0.2, 0.25) is 0 Å². The molecule has 1 aromatic carbocycles. The first kappa shape index (κ1) is 10.1. The number of anilines is 1. The Labute approximate surface area is 91.8 Å². The van der Waals surface area contributed by atoms with Gasteiger partial charge in [-0.2, -0.15) is 0 Å². The topological polar surface area (TPSA) is 75.1 Å². The fourth-order valence-corrected chi connectivity index (χ4v) is 1.19. The third-order valence-corrected chi connectivity index (χ3v) is 1.98. The molecule has 0 atom stereocenters. The third-order valence-electron chi connectivity index (χ3n) is 1.98. The minimum Gasteiger partial charge on any atom is -0.506 e. The lowest BCUT2D eigenvalue weighted by atomic mass is 10.2. The van der Waals surface area contributed by atoms with Gasteiger partial charge in [0.15, 0.2) is 0 Å². The van der Waals surface area contributed by atoms with Crippen LogP contribution in [0.15, 0.2) is 43.0 Å². The molecule has 0 aliphatic heterocycles. The maximum absolute atomic E-state index is 11.7. The van der Waals surface area contributed by atoms with Gasteiger partial charge in [0.05, 0.1) is 11.3 Å². The molecule has 0 saturated carbocycles. The van der Waals surface area contributed by atoms with Crippen LogP contribution in [0.4, 0.5) is 5.69 Å². The van der Waals surface area contributed by atoms with Gasteiger partial charge in [-0.3, -0.25) is 4.79 Å². The van der Waals surface area contributed by atoms with E-state index >= 15 is 0 Å². The van der Waals surface area contributed by atoms with Gasteiger partial charge in [-0.1, -0.05) is 12.1 Å². The van der Waals surface area contributed by atoms with Crippen LogP contribution >= 0.6 is 0 Å². The summed E-state index contributed by atoms with van der Waals surface area (Å²) in [5, 5.41) is 12.0. The molecule has 0 aliphatic rings. The summed E-state index contributed by atoms with van der Waals surface area (Å²) in [4.78, 5) is 19.1. The van der Waals surface area contributed by atoms with Crippen LogP contribution in [-0.4, -0.2) is 21.0 Å². The molecule has 0 fully saturated rings. The fraction of sp³-hybridized carbons (Fsp3) is 0. The first-order chi connectivity index (χ1) is 7.77. The van der Waals surface area contributed by atoms with Crippen LogP contribution in [0.1, 0.15) is 10.4 Å². The first-order valence-electron chi connectivity index (χ1n) is 4.62. The van der Waals surface area contributed by atoms with Gasteiger partial charge in [-0.15, -0.1) is 0 Å². The third kappa shape index (κ3) is 2.14. The highest BCUT2D eigenvalue weighted by atomic mass is 16.3. The van der Waals surface area contributed by atoms with Gasteiger partial charge in [-0.05, 0) is 12.1 Å². The molecule has 1 aromatic heterocycles. The van der Waals surface area contributed by atoms with Crippen molar-refractivity contribution in [2.75, 3.05) is 5.32 Å². The predicted octanol–water partition coefficient (Wildman–Crippen LogP) is 1.43. The van der Waals surface area contributed by atoms with Crippen molar-refractivity contribution in [1.82, 2.24) is 9.97 Å². The summed E-state index contributed by atoms with van der Waals surface area (Å²) in [6.07, 6.45) is 4.15. The molecule has 80 valence electrons. The summed E-state index contributed by atoms with van der Waals surface area (Å²) < 4.78 is 0.